The van der Waals surface area contributed by atoms with Crippen molar-refractivity contribution in [3.63, 3.8) is 0 Å². The number of benzene rings is 3. The molecule has 4 aromatic rings. The van der Waals surface area contributed by atoms with E-state index in [2.05, 4.69) is 4.98 Å². The van der Waals surface area contributed by atoms with Gasteiger partial charge in [-0.1, -0.05) is 72.8 Å². The topological polar surface area (TPSA) is 55.6 Å². The fourth-order valence-electron chi connectivity index (χ4n) is 4.75. The molecular formula is C28H23F3N2O3. The molecule has 5 rings (SSSR count). The summed E-state index contributed by atoms with van der Waals surface area (Å²) >= 11 is 0. The summed E-state index contributed by atoms with van der Waals surface area (Å²) in [5.41, 5.74) is 3.46. The van der Waals surface area contributed by atoms with Crippen LogP contribution in [0, 0.1) is 0 Å². The molecule has 1 atom stereocenters. The number of hydrogen-bond donors (Lipinski definition) is 0. The normalized spacial score (nSPS) is 14.9. The molecule has 1 amide bonds. The Kier molecular flexibility index (Phi) is 6.26. The van der Waals surface area contributed by atoms with Crippen LogP contribution in [0.25, 0.3) is 22.6 Å². The summed E-state index contributed by atoms with van der Waals surface area (Å²) in [7, 11) is 1.52. The van der Waals surface area contributed by atoms with Crippen LogP contribution in [0.3, 0.4) is 0 Å². The van der Waals surface area contributed by atoms with Gasteiger partial charge in [0.15, 0.2) is 5.76 Å². The van der Waals surface area contributed by atoms with Crippen LogP contribution in [-0.4, -0.2) is 29.1 Å². The van der Waals surface area contributed by atoms with Crippen LogP contribution in [0.1, 0.15) is 29.5 Å². The van der Waals surface area contributed by atoms with E-state index in [0.717, 1.165) is 21.6 Å². The number of carbonyl (C=O) groups excluding carboxylic acids is 1. The first-order valence-electron chi connectivity index (χ1n) is 11.5. The number of oxazole rings is 1. The Labute approximate surface area is 206 Å². The van der Waals surface area contributed by atoms with Crippen LogP contribution in [0.15, 0.2) is 83.3 Å². The maximum Gasteiger partial charge on any atom is 0.471 e. The van der Waals surface area contributed by atoms with Crippen LogP contribution in [0.5, 0.6) is 5.75 Å². The Morgan fingerprint density at radius 3 is 2.31 bits per heavy atom. The molecule has 1 heterocycles. The molecule has 184 valence electrons. The lowest BCUT2D eigenvalue weighted by molar-refractivity contribution is -0.189. The van der Waals surface area contributed by atoms with Gasteiger partial charge in [0.1, 0.15) is 11.4 Å². The average Bonchev–Trinajstić information content (AvgIpc) is 3.52. The lowest BCUT2D eigenvalue weighted by Gasteiger charge is -2.29. The van der Waals surface area contributed by atoms with Crippen LogP contribution in [0.2, 0.25) is 0 Å². The molecule has 0 fully saturated rings. The maximum atomic E-state index is 13.7. The lowest BCUT2D eigenvalue weighted by atomic mass is 10.1. The Bertz CT molecular complexity index is 1310. The van der Waals surface area contributed by atoms with Gasteiger partial charge in [0.25, 0.3) is 0 Å². The summed E-state index contributed by atoms with van der Waals surface area (Å²) in [6.07, 6.45) is -4.20. The van der Waals surface area contributed by atoms with Gasteiger partial charge in [-0.05, 0) is 30.0 Å². The van der Waals surface area contributed by atoms with Gasteiger partial charge in [-0.25, -0.2) is 4.98 Å². The zero-order valence-electron chi connectivity index (χ0n) is 19.5. The van der Waals surface area contributed by atoms with Crippen molar-refractivity contribution < 1.29 is 27.1 Å². The molecule has 0 saturated heterocycles. The highest BCUT2D eigenvalue weighted by molar-refractivity contribution is 5.82. The second kappa shape index (κ2) is 9.53. The number of rotatable bonds is 6. The molecule has 0 saturated carbocycles. The van der Waals surface area contributed by atoms with Gasteiger partial charge >= 0.3 is 12.1 Å². The van der Waals surface area contributed by atoms with Gasteiger partial charge in [0, 0.05) is 11.1 Å². The third kappa shape index (κ3) is 4.46. The lowest BCUT2D eigenvalue weighted by Crippen LogP contribution is -2.42. The predicted octanol–water partition coefficient (Wildman–Crippen LogP) is 6.60. The number of carbonyl (C=O) groups is 1. The number of nitrogens with zero attached hydrogens (tertiary/aromatic N) is 2. The van der Waals surface area contributed by atoms with Crippen LogP contribution < -0.4 is 4.74 Å². The van der Waals surface area contributed by atoms with Crippen molar-refractivity contribution in [2.24, 2.45) is 0 Å². The fourth-order valence-corrected chi connectivity index (χ4v) is 4.75. The Hall–Kier alpha value is -4.07. The number of halogens is 3. The zero-order valence-corrected chi connectivity index (χ0v) is 19.5. The van der Waals surface area contributed by atoms with Gasteiger partial charge in [0.05, 0.1) is 19.7 Å². The molecule has 1 aromatic heterocycles. The van der Waals surface area contributed by atoms with Crippen molar-refractivity contribution in [2.75, 3.05) is 7.11 Å². The second-order valence-corrected chi connectivity index (χ2v) is 8.53. The fraction of sp³-hybridized carbons (Fsp3) is 0.214. The van der Waals surface area contributed by atoms with E-state index in [4.69, 9.17) is 9.15 Å². The maximum absolute atomic E-state index is 13.7. The van der Waals surface area contributed by atoms with Crippen molar-refractivity contribution >= 4 is 5.91 Å². The first-order chi connectivity index (χ1) is 17.4. The first kappa shape index (κ1) is 23.7. The number of ether oxygens (including phenoxy) is 1. The molecule has 5 nitrogen and oxygen atoms in total. The van der Waals surface area contributed by atoms with Crippen molar-refractivity contribution in [1.82, 2.24) is 9.88 Å². The minimum atomic E-state index is -5.04. The summed E-state index contributed by atoms with van der Waals surface area (Å²) in [4.78, 5) is 18.0. The van der Waals surface area contributed by atoms with Gasteiger partial charge in [0.2, 0.25) is 5.89 Å². The van der Waals surface area contributed by atoms with Crippen molar-refractivity contribution in [3.05, 3.63) is 95.9 Å². The van der Waals surface area contributed by atoms with Gasteiger partial charge < -0.3 is 14.1 Å². The van der Waals surface area contributed by atoms with E-state index in [-0.39, 0.29) is 5.89 Å². The number of hydrogen-bond acceptors (Lipinski definition) is 4. The van der Waals surface area contributed by atoms with Gasteiger partial charge in [-0.15, -0.1) is 0 Å². The number of methoxy groups -OCH3 is 1. The zero-order chi connectivity index (χ0) is 25.3. The first-order valence-corrected chi connectivity index (χ1v) is 11.5. The number of aromatic nitrogens is 1. The van der Waals surface area contributed by atoms with Gasteiger partial charge in [-0.2, -0.15) is 13.2 Å². The SMILES string of the molecule is COc1cccc2c1CCC2N(Cc1nc(-c2ccccc2)c(-c2ccccc2)o1)C(=O)C(F)(F)F. The van der Waals surface area contributed by atoms with Crippen LogP contribution in [0.4, 0.5) is 13.2 Å². The molecule has 1 unspecified atom stereocenters. The van der Waals surface area contributed by atoms with Crippen LogP contribution >= 0.6 is 0 Å². The number of alkyl halides is 3. The van der Waals surface area contributed by atoms with E-state index in [1.807, 2.05) is 60.7 Å². The molecule has 3 aromatic carbocycles. The quantitative estimate of drug-likeness (QED) is 0.305. The number of amides is 1. The molecular weight excluding hydrogens is 469 g/mol. The second-order valence-electron chi connectivity index (χ2n) is 8.53. The molecule has 0 N–H and O–H groups in total. The molecule has 36 heavy (non-hydrogen) atoms. The molecule has 0 spiro atoms. The average molecular weight is 492 g/mol. The third-order valence-electron chi connectivity index (χ3n) is 6.36. The largest absolute Gasteiger partial charge is 0.496 e. The van der Waals surface area contributed by atoms with E-state index in [1.54, 1.807) is 18.2 Å². The minimum absolute atomic E-state index is 0.0293. The predicted molar refractivity (Wildman–Crippen MR) is 128 cm³/mol. The summed E-state index contributed by atoms with van der Waals surface area (Å²) < 4.78 is 52.6. The van der Waals surface area contributed by atoms with E-state index in [0.29, 0.717) is 35.6 Å². The van der Waals surface area contributed by atoms with E-state index < -0.39 is 24.7 Å². The molecule has 1 aliphatic carbocycles. The van der Waals surface area contributed by atoms with E-state index in [9.17, 15) is 18.0 Å². The summed E-state index contributed by atoms with van der Waals surface area (Å²) in [6.45, 7) is -0.424. The van der Waals surface area contributed by atoms with Gasteiger partial charge in [-0.3, -0.25) is 4.79 Å². The summed E-state index contributed by atoms with van der Waals surface area (Å²) in [6, 6.07) is 22.9. The Morgan fingerprint density at radius 2 is 1.67 bits per heavy atom. The summed E-state index contributed by atoms with van der Waals surface area (Å²) in [5, 5.41) is 0. The molecule has 0 bridgehead atoms. The van der Waals surface area contributed by atoms with Crippen LogP contribution in [-0.2, 0) is 17.8 Å². The van der Waals surface area contributed by atoms with Crippen molar-refractivity contribution in [2.45, 2.75) is 31.6 Å². The smallest absolute Gasteiger partial charge is 0.471 e. The van der Waals surface area contributed by atoms with E-state index >= 15 is 0 Å². The summed E-state index contributed by atoms with van der Waals surface area (Å²) in [5.74, 6) is -0.862. The number of fused-ring (bicyclic) bond motifs is 1. The molecule has 1 aliphatic rings. The highest BCUT2D eigenvalue weighted by Crippen LogP contribution is 2.42. The molecule has 0 radical (unpaired) electrons. The molecule has 0 aliphatic heterocycles. The standard InChI is InChI=1S/C28H23F3N2O3/c1-35-23-14-8-13-20-21(23)15-16-22(20)33(27(34)28(29,30)31)17-24-32-25(18-9-4-2-5-10-18)26(36-24)19-11-6-3-7-12-19/h2-14,22H,15-17H2,1H3. The third-order valence-corrected chi connectivity index (χ3v) is 6.36. The molecule has 8 heteroatoms. The Balaban J connectivity index is 1.57. The van der Waals surface area contributed by atoms with Crippen molar-refractivity contribution in [1.29, 1.82) is 0 Å². The highest BCUT2D eigenvalue weighted by atomic mass is 19.4. The Morgan fingerprint density at radius 1 is 1.00 bits per heavy atom. The monoisotopic (exact) mass is 492 g/mol. The van der Waals surface area contributed by atoms with Crippen molar-refractivity contribution in [3.8, 4) is 28.3 Å². The highest BCUT2D eigenvalue weighted by Gasteiger charge is 2.46. The van der Waals surface area contributed by atoms with E-state index in [1.165, 1.54) is 7.11 Å². The minimum Gasteiger partial charge on any atom is -0.496 e.